The second-order valence-corrected chi connectivity index (χ2v) is 16.7. The second-order valence-electron chi connectivity index (χ2n) is 16.7. The van der Waals surface area contributed by atoms with E-state index in [1.54, 1.807) is 13.8 Å². The Morgan fingerprint density at radius 3 is 1.77 bits per heavy atom. The minimum Gasteiger partial charge on any atom is -0.480 e. The molecule has 2 aliphatic heterocycles. The maximum atomic E-state index is 13.9. The van der Waals surface area contributed by atoms with Crippen LogP contribution in [0.1, 0.15) is 98.8 Å². The molecule has 2 saturated heterocycles. The number of primary amides is 1. The number of likely N-dealkylation sites (tertiary alicyclic amines) is 2. The Morgan fingerprint density at radius 2 is 1.21 bits per heavy atom. The van der Waals surface area contributed by atoms with Crippen molar-refractivity contribution in [1.82, 2.24) is 36.4 Å². The summed E-state index contributed by atoms with van der Waals surface area (Å²) >= 11 is 0. The molecule has 8 amide bonds. The van der Waals surface area contributed by atoms with Crippen molar-refractivity contribution in [2.24, 2.45) is 39.8 Å². The predicted molar refractivity (Wildman–Crippen MR) is 225 cm³/mol. The number of aliphatic hydroxyl groups excluding tert-OH is 1. The van der Waals surface area contributed by atoms with E-state index >= 15 is 0 Å². The largest absolute Gasteiger partial charge is 0.480 e. The smallest absolute Gasteiger partial charge is 0.328 e. The highest BCUT2D eigenvalue weighted by molar-refractivity contribution is 5.98. The molecule has 0 unspecified atom stereocenters. The number of amides is 8. The second kappa shape index (κ2) is 25.4. The lowest BCUT2D eigenvalue weighted by Gasteiger charge is -2.33. The van der Waals surface area contributed by atoms with E-state index in [1.165, 1.54) is 16.7 Å². The van der Waals surface area contributed by atoms with Crippen molar-refractivity contribution in [3.63, 3.8) is 0 Å². The van der Waals surface area contributed by atoms with Crippen molar-refractivity contribution in [2.45, 2.75) is 147 Å². The van der Waals surface area contributed by atoms with E-state index in [0.29, 0.717) is 38.6 Å². The van der Waals surface area contributed by atoms with Crippen LogP contribution in [0.2, 0.25) is 0 Å². The lowest BCUT2D eigenvalue weighted by molar-refractivity contribution is -0.147. The third kappa shape index (κ3) is 16.7. The number of nitrogens with zero attached hydrogens (tertiary/aromatic N) is 3. The summed E-state index contributed by atoms with van der Waals surface area (Å²) in [5, 5.41) is 30.9. The van der Waals surface area contributed by atoms with Crippen LogP contribution in [-0.4, -0.2) is 154 Å². The van der Waals surface area contributed by atoms with Gasteiger partial charge in [-0.2, -0.15) is 0 Å². The van der Waals surface area contributed by atoms with Crippen LogP contribution in [0.4, 0.5) is 0 Å². The molecule has 0 radical (unpaired) electrons. The minimum atomic E-state index is -1.70. The number of aliphatic imine (C=N–C) groups is 1. The third-order valence-electron chi connectivity index (χ3n) is 10.5. The summed E-state index contributed by atoms with van der Waals surface area (Å²) < 4.78 is 0. The van der Waals surface area contributed by atoms with Crippen LogP contribution in [0, 0.1) is 11.8 Å². The molecule has 0 aromatic heterocycles. The number of hydrogen-bond acceptors (Lipinski definition) is 12. The molecule has 0 spiro atoms. The zero-order chi connectivity index (χ0) is 46.8. The first-order valence-electron chi connectivity index (χ1n) is 21.1. The normalized spacial score (nSPS) is 19.0. The maximum Gasteiger partial charge on any atom is 0.328 e. The SMILES string of the molecule is CC(C)C[C@H](NC(=O)[C@H](C)NC(=O)[C@H](CCCN=C(N)N)NC(=O)[C@@H]1CCCN1C(=O)[C@@H]1CCCN1C(=O)[C@@H](N)CC(C)C)C(=O)N[C@@H](CCC(N)=O)C(=O)N[C@@H](CO)C(=O)O. The van der Waals surface area contributed by atoms with Crippen LogP contribution in [0.15, 0.2) is 4.99 Å². The van der Waals surface area contributed by atoms with E-state index < -0.39 is 96.4 Å². The van der Waals surface area contributed by atoms with Crippen molar-refractivity contribution >= 4 is 59.2 Å². The molecule has 15 N–H and O–H groups in total. The van der Waals surface area contributed by atoms with Crippen molar-refractivity contribution in [3.8, 4) is 0 Å². The molecular formula is C39H68N12O11. The quantitative estimate of drug-likeness (QED) is 0.0238. The molecule has 350 valence electrons. The standard InChI is InChI=1S/C39H68N12O11/c1-20(2)17-23(40)36(59)51-16-8-11-29(51)37(60)50-15-7-10-28(50)35(58)47-24(9-6-14-44-39(42)43)32(55)45-22(5)31(54)48-26(18-21(3)4)34(57)46-25(12-13-30(41)53)33(56)49-27(19-52)38(61)62/h20-29,52H,6-19,40H2,1-5H3,(H2,41,53)(H,45,55)(H,46,57)(H,47,58)(H,48,54)(H,49,56)(H,61,62)(H4,42,43,44)/t22-,23-,24-,25-,26-,27-,28-,29-/m0/s1. The molecule has 2 fully saturated rings. The fraction of sp³-hybridized carbons (Fsp3) is 0.744. The first-order chi connectivity index (χ1) is 29.1. The summed E-state index contributed by atoms with van der Waals surface area (Å²) in [7, 11) is 0. The summed E-state index contributed by atoms with van der Waals surface area (Å²) in [6.45, 7) is 8.55. The first kappa shape index (κ1) is 52.6. The van der Waals surface area contributed by atoms with Crippen LogP contribution in [0.25, 0.3) is 0 Å². The van der Waals surface area contributed by atoms with Gasteiger partial charge in [0.1, 0.15) is 42.3 Å². The van der Waals surface area contributed by atoms with E-state index in [4.69, 9.17) is 22.9 Å². The van der Waals surface area contributed by atoms with Gasteiger partial charge in [-0.3, -0.25) is 43.3 Å². The average molecular weight is 881 g/mol. The van der Waals surface area contributed by atoms with Crippen LogP contribution in [0.3, 0.4) is 0 Å². The zero-order valence-corrected chi connectivity index (χ0v) is 36.4. The number of nitrogens with one attached hydrogen (secondary N) is 5. The number of carbonyl (C=O) groups excluding carboxylic acids is 8. The number of carbonyl (C=O) groups is 9. The summed E-state index contributed by atoms with van der Waals surface area (Å²) in [5.74, 6) is -7.32. The Bertz CT molecular complexity index is 1640. The summed E-state index contributed by atoms with van der Waals surface area (Å²) in [6, 6.07) is -9.45. The highest BCUT2D eigenvalue weighted by Crippen LogP contribution is 2.26. The molecule has 0 saturated carbocycles. The Morgan fingerprint density at radius 1 is 0.677 bits per heavy atom. The van der Waals surface area contributed by atoms with Gasteiger partial charge in [0.05, 0.1) is 12.6 Å². The third-order valence-corrected chi connectivity index (χ3v) is 10.5. The Balaban J connectivity index is 2.23. The van der Waals surface area contributed by atoms with Gasteiger partial charge >= 0.3 is 5.97 Å². The molecule has 2 heterocycles. The molecular weight excluding hydrogens is 813 g/mol. The van der Waals surface area contributed by atoms with Crippen molar-refractivity contribution in [1.29, 1.82) is 0 Å². The van der Waals surface area contributed by atoms with Gasteiger partial charge in [-0.25, -0.2) is 4.79 Å². The highest BCUT2D eigenvalue weighted by Gasteiger charge is 2.43. The number of aliphatic carboxylic acids is 1. The Labute approximate surface area is 361 Å². The number of nitrogens with two attached hydrogens (primary N) is 4. The number of hydrogen-bond donors (Lipinski definition) is 11. The van der Waals surface area contributed by atoms with Gasteiger partial charge in [-0.15, -0.1) is 0 Å². The van der Waals surface area contributed by atoms with E-state index in [1.807, 2.05) is 13.8 Å². The van der Waals surface area contributed by atoms with Crippen LogP contribution in [-0.2, 0) is 43.2 Å². The molecule has 8 atom stereocenters. The highest BCUT2D eigenvalue weighted by atomic mass is 16.4. The number of rotatable bonds is 25. The van der Waals surface area contributed by atoms with Crippen LogP contribution in [0.5, 0.6) is 0 Å². The Hall–Kier alpha value is -5.58. The number of carboxylic acids is 1. The summed E-state index contributed by atoms with van der Waals surface area (Å²) in [5.41, 5.74) is 22.3. The van der Waals surface area contributed by atoms with Crippen LogP contribution >= 0.6 is 0 Å². The van der Waals surface area contributed by atoms with E-state index in [2.05, 4.69) is 31.6 Å². The van der Waals surface area contributed by atoms with E-state index in [9.17, 15) is 53.4 Å². The monoisotopic (exact) mass is 881 g/mol. The van der Waals surface area contributed by atoms with E-state index in [-0.39, 0.29) is 74.8 Å². The predicted octanol–water partition coefficient (Wildman–Crippen LogP) is -3.77. The van der Waals surface area contributed by atoms with Gasteiger partial charge in [0.25, 0.3) is 0 Å². The lowest BCUT2D eigenvalue weighted by atomic mass is 10.0. The van der Waals surface area contributed by atoms with Gasteiger partial charge in [-0.1, -0.05) is 27.7 Å². The molecule has 23 nitrogen and oxygen atoms in total. The number of guanidine groups is 1. The van der Waals surface area contributed by atoms with Gasteiger partial charge in [0.15, 0.2) is 5.96 Å². The van der Waals surface area contributed by atoms with Gasteiger partial charge < -0.3 is 69.5 Å². The maximum absolute atomic E-state index is 13.9. The molecule has 62 heavy (non-hydrogen) atoms. The average Bonchev–Trinajstić information content (AvgIpc) is 3.89. The fourth-order valence-electron chi connectivity index (χ4n) is 7.31. The van der Waals surface area contributed by atoms with E-state index in [0.717, 1.165) is 0 Å². The Kier molecular flexibility index (Phi) is 21.5. The van der Waals surface area contributed by atoms with Gasteiger partial charge in [0.2, 0.25) is 47.3 Å². The van der Waals surface area contributed by atoms with Gasteiger partial charge in [0, 0.05) is 26.1 Å². The molecule has 0 aromatic rings. The van der Waals surface area contributed by atoms with Crippen LogP contribution < -0.4 is 49.5 Å². The molecule has 0 aliphatic carbocycles. The summed E-state index contributed by atoms with van der Waals surface area (Å²) in [4.78, 5) is 125. The molecule has 0 bridgehead atoms. The lowest BCUT2D eigenvalue weighted by Crippen LogP contribution is -2.59. The molecule has 2 aliphatic rings. The van der Waals surface area contributed by atoms with Crippen molar-refractivity contribution in [2.75, 3.05) is 26.2 Å². The van der Waals surface area contributed by atoms with Gasteiger partial charge in [-0.05, 0) is 76.5 Å². The van der Waals surface area contributed by atoms with Crippen molar-refractivity contribution in [3.05, 3.63) is 0 Å². The summed E-state index contributed by atoms with van der Waals surface area (Å²) in [6.07, 6.45) is 1.89. The molecule has 2 rings (SSSR count). The van der Waals surface area contributed by atoms with Crippen molar-refractivity contribution < 1.29 is 53.4 Å². The minimum absolute atomic E-state index is 0.0220. The molecule has 0 aromatic carbocycles. The first-order valence-corrected chi connectivity index (χ1v) is 21.1. The zero-order valence-electron chi connectivity index (χ0n) is 36.4. The number of aliphatic hydroxyl groups is 1. The number of carboxylic acid groups (broad SMARTS) is 1. The fourth-order valence-corrected chi connectivity index (χ4v) is 7.31. The molecule has 23 heteroatoms. The topological polar surface area (TPSA) is 377 Å².